The summed E-state index contributed by atoms with van der Waals surface area (Å²) >= 11 is 0. The lowest BCUT2D eigenvalue weighted by molar-refractivity contribution is -0.170. The summed E-state index contributed by atoms with van der Waals surface area (Å²) < 4.78 is 91.4. The van der Waals surface area contributed by atoms with Crippen molar-refractivity contribution in [2.75, 3.05) is 13.2 Å². The van der Waals surface area contributed by atoms with E-state index in [4.69, 9.17) is 14.0 Å². The maximum Gasteiger partial charge on any atom is 0.431 e. The molecular formula is C15H22F4O6S. The molecule has 11 heteroatoms. The normalized spacial score (nSPS) is 18.4. The van der Waals surface area contributed by atoms with Gasteiger partial charge in [-0.3, -0.25) is 4.55 Å². The average molecular weight is 406 g/mol. The molecule has 6 nitrogen and oxygen atoms in total. The molecule has 0 aromatic carbocycles. The molecule has 1 aliphatic rings. The molecule has 152 valence electrons. The van der Waals surface area contributed by atoms with Crippen LogP contribution in [0.2, 0.25) is 0 Å². The summed E-state index contributed by atoms with van der Waals surface area (Å²) in [5, 5.41) is -5.64. The van der Waals surface area contributed by atoms with Crippen LogP contribution in [0.1, 0.15) is 45.4 Å². The van der Waals surface area contributed by atoms with Crippen molar-refractivity contribution in [2.45, 2.75) is 62.2 Å². The van der Waals surface area contributed by atoms with Crippen molar-refractivity contribution in [2.24, 2.45) is 0 Å². The molecule has 1 aliphatic carbocycles. The van der Waals surface area contributed by atoms with Gasteiger partial charge in [-0.1, -0.05) is 13.0 Å². The minimum Gasteiger partial charge on any atom is -0.456 e. The second-order valence-electron chi connectivity index (χ2n) is 6.50. The Labute approximate surface area is 149 Å². The highest BCUT2D eigenvalue weighted by Crippen LogP contribution is 2.40. The smallest absolute Gasteiger partial charge is 0.431 e. The molecule has 0 bridgehead atoms. The molecule has 1 saturated carbocycles. The number of esters is 1. The Morgan fingerprint density at radius 2 is 1.73 bits per heavy atom. The molecule has 0 aromatic heterocycles. The van der Waals surface area contributed by atoms with Gasteiger partial charge in [-0.05, 0) is 32.6 Å². The number of rotatable bonds is 9. The van der Waals surface area contributed by atoms with Crippen LogP contribution in [0.3, 0.4) is 0 Å². The zero-order valence-electron chi connectivity index (χ0n) is 14.3. The van der Waals surface area contributed by atoms with E-state index in [0.717, 1.165) is 19.3 Å². The summed E-state index contributed by atoms with van der Waals surface area (Å²) in [7, 11) is -6.28. The molecule has 0 atom stereocenters. The van der Waals surface area contributed by atoms with Crippen molar-refractivity contribution in [3.63, 3.8) is 0 Å². The van der Waals surface area contributed by atoms with Gasteiger partial charge in [0.1, 0.15) is 5.60 Å². The summed E-state index contributed by atoms with van der Waals surface area (Å²) in [6, 6.07) is 0. The fourth-order valence-corrected chi connectivity index (χ4v) is 2.97. The van der Waals surface area contributed by atoms with Crippen LogP contribution in [0.25, 0.3) is 0 Å². The highest BCUT2D eigenvalue weighted by Gasteiger charge is 2.65. The highest BCUT2D eigenvalue weighted by atomic mass is 32.2. The predicted molar refractivity (Wildman–Crippen MR) is 83.6 cm³/mol. The molecule has 0 saturated heterocycles. The molecule has 0 unspecified atom stereocenters. The first-order valence-electron chi connectivity index (χ1n) is 7.93. The first-order chi connectivity index (χ1) is 11.7. The number of hydrogen-bond donors (Lipinski definition) is 1. The van der Waals surface area contributed by atoms with Crippen LogP contribution < -0.4 is 0 Å². The Balaban J connectivity index is 2.45. The first-order valence-corrected chi connectivity index (χ1v) is 9.37. The molecule has 1 N–H and O–H groups in total. The lowest BCUT2D eigenvalue weighted by Crippen LogP contribution is -2.47. The Morgan fingerprint density at radius 1 is 1.19 bits per heavy atom. The number of halogens is 4. The number of hydrogen-bond acceptors (Lipinski definition) is 5. The molecule has 26 heavy (non-hydrogen) atoms. The number of alkyl halides is 4. The molecule has 1 fully saturated rings. The fourth-order valence-electron chi connectivity index (χ4n) is 2.49. The minimum atomic E-state index is -6.28. The minimum absolute atomic E-state index is 0.179. The highest BCUT2D eigenvalue weighted by molar-refractivity contribution is 7.87. The molecule has 0 heterocycles. The van der Waals surface area contributed by atoms with Gasteiger partial charge in [-0.25, -0.2) is 4.79 Å². The largest absolute Gasteiger partial charge is 0.456 e. The average Bonchev–Trinajstić information content (AvgIpc) is 2.50. The van der Waals surface area contributed by atoms with Gasteiger partial charge in [0.25, 0.3) is 0 Å². The third-order valence-electron chi connectivity index (χ3n) is 4.13. The lowest BCUT2D eigenvalue weighted by atomic mass is 9.86. The van der Waals surface area contributed by atoms with E-state index >= 15 is 0 Å². The van der Waals surface area contributed by atoms with Crippen LogP contribution in [0.4, 0.5) is 17.6 Å². The first kappa shape index (κ1) is 22.8. The number of ether oxygens (including phenoxy) is 2. The van der Waals surface area contributed by atoms with Crippen LogP contribution in [-0.4, -0.2) is 48.9 Å². The van der Waals surface area contributed by atoms with Crippen molar-refractivity contribution in [3.05, 3.63) is 12.2 Å². The van der Waals surface area contributed by atoms with Crippen molar-refractivity contribution in [1.82, 2.24) is 0 Å². The Kier molecular flexibility index (Phi) is 7.22. The Bertz CT molecular complexity index is 626. The number of carbonyl (C=O) groups excluding carboxylic acids is 1. The molecular weight excluding hydrogens is 384 g/mol. The summed E-state index contributed by atoms with van der Waals surface area (Å²) in [6.45, 7) is 3.65. The SMILES string of the molecule is C=C(COCCC(F)(F)C(F)(F)S(=O)(=O)O)C(=O)OC1(C)CCCCC1. The van der Waals surface area contributed by atoms with Gasteiger partial charge < -0.3 is 9.47 Å². The lowest BCUT2D eigenvalue weighted by Gasteiger charge is -2.33. The monoisotopic (exact) mass is 406 g/mol. The molecule has 0 aliphatic heterocycles. The van der Waals surface area contributed by atoms with Crippen LogP contribution in [0, 0.1) is 0 Å². The van der Waals surface area contributed by atoms with E-state index in [-0.39, 0.29) is 5.57 Å². The third kappa shape index (κ3) is 5.65. The second kappa shape index (κ2) is 8.22. The van der Waals surface area contributed by atoms with E-state index in [1.165, 1.54) is 0 Å². The maximum atomic E-state index is 13.3. The molecule has 0 aromatic rings. The van der Waals surface area contributed by atoms with E-state index in [9.17, 15) is 30.8 Å². The van der Waals surface area contributed by atoms with Crippen molar-refractivity contribution in [3.8, 4) is 0 Å². The van der Waals surface area contributed by atoms with Crippen molar-refractivity contribution in [1.29, 1.82) is 0 Å². The van der Waals surface area contributed by atoms with Crippen LogP contribution in [0.15, 0.2) is 12.2 Å². The van der Waals surface area contributed by atoms with Crippen LogP contribution >= 0.6 is 0 Å². The van der Waals surface area contributed by atoms with E-state index in [2.05, 4.69) is 6.58 Å². The van der Waals surface area contributed by atoms with Crippen molar-refractivity contribution >= 4 is 16.1 Å². The number of carbonyl (C=O) groups is 1. The third-order valence-corrected chi connectivity index (χ3v) is 5.07. The Hall–Kier alpha value is -1.20. The maximum absolute atomic E-state index is 13.3. The van der Waals surface area contributed by atoms with Gasteiger partial charge >= 0.3 is 27.3 Å². The van der Waals surface area contributed by atoms with Gasteiger partial charge in [0.2, 0.25) is 0 Å². The quantitative estimate of drug-likeness (QED) is 0.208. The summed E-state index contributed by atoms with van der Waals surface area (Å²) in [6.07, 6.45) is 2.54. The Morgan fingerprint density at radius 3 is 2.23 bits per heavy atom. The van der Waals surface area contributed by atoms with Gasteiger partial charge in [-0.2, -0.15) is 26.0 Å². The van der Waals surface area contributed by atoms with Gasteiger partial charge in [-0.15, -0.1) is 0 Å². The van der Waals surface area contributed by atoms with Crippen LogP contribution in [0.5, 0.6) is 0 Å². The van der Waals surface area contributed by atoms with Gasteiger partial charge in [0.05, 0.1) is 18.8 Å². The zero-order chi connectivity index (χ0) is 20.2. The fraction of sp³-hybridized carbons (Fsp3) is 0.800. The van der Waals surface area contributed by atoms with Gasteiger partial charge in [0.15, 0.2) is 0 Å². The summed E-state index contributed by atoms with van der Waals surface area (Å²) in [4.78, 5) is 11.9. The second-order valence-corrected chi connectivity index (χ2v) is 7.97. The summed E-state index contributed by atoms with van der Waals surface area (Å²) in [5.41, 5.74) is -0.815. The molecule has 0 radical (unpaired) electrons. The standard InChI is InChI=1S/C15H22F4O6S/c1-11(12(20)25-13(2)6-4-3-5-7-13)10-24-9-8-14(16,17)15(18,19)26(21,22)23/h1,3-10H2,2H3,(H,21,22,23). The van der Waals surface area contributed by atoms with Crippen molar-refractivity contribution < 1.29 is 44.8 Å². The van der Waals surface area contributed by atoms with E-state index < -0.39 is 52.5 Å². The zero-order valence-corrected chi connectivity index (χ0v) is 15.1. The summed E-state index contributed by atoms with van der Waals surface area (Å²) in [5.74, 6) is -5.82. The predicted octanol–water partition coefficient (Wildman–Crippen LogP) is 3.33. The molecule has 0 spiro atoms. The van der Waals surface area contributed by atoms with E-state index in [1.54, 1.807) is 6.92 Å². The topological polar surface area (TPSA) is 89.9 Å². The van der Waals surface area contributed by atoms with Crippen LogP contribution in [-0.2, 0) is 24.4 Å². The van der Waals surface area contributed by atoms with Gasteiger partial charge in [0, 0.05) is 6.42 Å². The molecule has 0 amide bonds. The van der Waals surface area contributed by atoms with E-state index in [0.29, 0.717) is 12.8 Å². The molecule has 1 rings (SSSR count). The van der Waals surface area contributed by atoms with E-state index in [1.807, 2.05) is 0 Å².